The van der Waals surface area contributed by atoms with Gasteiger partial charge in [-0.2, -0.15) is 4.98 Å². The van der Waals surface area contributed by atoms with Gasteiger partial charge in [-0.05, 0) is 49.1 Å². The number of rotatable bonds is 5. The second-order valence-corrected chi connectivity index (χ2v) is 6.42. The lowest BCUT2D eigenvalue weighted by molar-refractivity contribution is 0.290. The Morgan fingerprint density at radius 2 is 2.14 bits per heavy atom. The molecule has 0 spiro atoms. The number of hydrogen-bond acceptors (Lipinski definition) is 4. The maximum absolute atomic E-state index is 6.16. The quantitative estimate of drug-likeness (QED) is 0.809. The zero-order chi connectivity index (χ0) is 14.8. The summed E-state index contributed by atoms with van der Waals surface area (Å²) in [6, 6.07) is 9.18. The Morgan fingerprint density at radius 3 is 2.90 bits per heavy atom. The number of aromatic nitrogens is 1. The van der Waals surface area contributed by atoms with Gasteiger partial charge < -0.3 is 15.8 Å². The molecular formula is C15H15BrClN3O. The highest BCUT2D eigenvalue weighted by atomic mass is 79.9. The Kier molecular flexibility index (Phi) is 4.22. The van der Waals surface area contributed by atoms with Crippen LogP contribution in [0.1, 0.15) is 12.8 Å². The van der Waals surface area contributed by atoms with Crippen LogP contribution in [0.3, 0.4) is 0 Å². The third kappa shape index (κ3) is 3.80. The van der Waals surface area contributed by atoms with Gasteiger partial charge >= 0.3 is 0 Å². The van der Waals surface area contributed by atoms with Crippen molar-refractivity contribution in [1.29, 1.82) is 0 Å². The standard InChI is InChI=1S/C15H15BrClN3O/c16-10-3-4-11(17)13(7-10)19-14-6-5-12(18)15(20-14)21-8-9-1-2-9/h3-7,9H,1-2,8,18H2,(H,19,20). The molecule has 1 aliphatic carbocycles. The van der Waals surface area contributed by atoms with Gasteiger partial charge in [0.2, 0.25) is 5.88 Å². The van der Waals surface area contributed by atoms with Crippen LogP contribution in [-0.4, -0.2) is 11.6 Å². The summed E-state index contributed by atoms with van der Waals surface area (Å²) in [4.78, 5) is 4.41. The maximum Gasteiger partial charge on any atom is 0.239 e. The Labute approximate surface area is 136 Å². The van der Waals surface area contributed by atoms with E-state index in [-0.39, 0.29) is 0 Å². The highest BCUT2D eigenvalue weighted by molar-refractivity contribution is 9.10. The van der Waals surface area contributed by atoms with E-state index in [1.165, 1.54) is 12.8 Å². The lowest BCUT2D eigenvalue weighted by Crippen LogP contribution is -2.05. The van der Waals surface area contributed by atoms with E-state index in [9.17, 15) is 0 Å². The molecule has 110 valence electrons. The Morgan fingerprint density at radius 1 is 1.33 bits per heavy atom. The van der Waals surface area contributed by atoms with Crippen LogP contribution < -0.4 is 15.8 Å². The van der Waals surface area contributed by atoms with Crippen LogP contribution in [0.4, 0.5) is 17.2 Å². The van der Waals surface area contributed by atoms with Crippen LogP contribution in [0.5, 0.6) is 5.88 Å². The van der Waals surface area contributed by atoms with Crippen LogP contribution >= 0.6 is 27.5 Å². The Hall–Kier alpha value is -1.46. The lowest BCUT2D eigenvalue weighted by atomic mass is 10.3. The first-order chi connectivity index (χ1) is 10.1. The zero-order valence-corrected chi connectivity index (χ0v) is 13.6. The van der Waals surface area contributed by atoms with Crippen molar-refractivity contribution < 1.29 is 4.74 Å². The first-order valence-corrected chi connectivity index (χ1v) is 7.90. The molecule has 1 aromatic carbocycles. The molecule has 1 aromatic heterocycles. The Balaban J connectivity index is 1.78. The molecule has 1 fully saturated rings. The molecule has 0 bridgehead atoms. The van der Waals surface area contributed by atoms with Crippen molar-refractivity contribution in [2.24, 2.45) is 5.92 Å². The van der Waals surface area contributed by atoms with Crippen molar-refractivity contribution in [3.05, 3.63) is 39.8 Å². The molecular weight excluding hydrogens is 354 g/mol. The van der Waals surface area contributed by atoms with Gasteiger partial charge in [0.05, 0.1) is 23.0 Å². The zero-order valence-electron chi connectivity index (χ0n) is 11.3. The number of nitrogens with one attached hydrogen (secondary N) is 1. The summed E-state index contributed by atoms with van der Waals surface area (Å²) in [5.41, 5.74) is 7.21. The lowest BCUT2D eigenvalue weighted by Gasteiger charge is -2.12. The van der Waals surface area contributed by atoms with Gasteiger partial charge in [0.25, 0.3) is 0 Å². The number of ether oxygens (including phenoxy) is 1. The molecule has 1 aliphatic rings. The van der Waals surface area contributed by atoms with Crippen LogP contribution in [0.25, 0.3) is 0 Å². The minimum Gasteiger partial charge on any atom is -0.476 e. The van der Waals surface area contributed by atoms with Crippen LogP contribution in [0.15, 0.2) is 34.8 Å². The summed E-state index contributed by atoms with van der Waals surface area (Å²) in [5, 5.41) is 3.80. The predicted octanol–water partition coefficient (Wildman–Crippen LogP) is 4.61. The fraction of sp³-hybridized carbons (Fsp3) is 0.267. The molecule has 6 heteroatoms. The maximum atomic E-state index is 6.16. The topological polar surface area (TPSA) is 60.2 Å². The second kappa shape index (κ2) is 6.12. The summed E-state index contributed by atoms with van der Waals surface area (Å²) in [6.45, 7) is 0.679. The number of nitrogens with zero attached hydrogens (tertiary/aromatic N) is 1. The van der Waals surface area contributed by atoms with Crippen molar-refractivity contribution in [3.8, 4) is 5.88 Å². The third-order valence-electron chi connectivity index (χ3n) is 3.23. The molecule has 2 aromatic rings. The minimum atomic E-state index is 0.470. The number of halogens is 2. The highest BCUT2D eigenvalue weighted by Crippen LogP contribution is 2.32. The fourth-order valence-electron chi connectivity index (χ4n) is 1.85. The summed E-state index contributed by atoms with van der Waals surface area (Å²) >= 11 is 9.58. The van der Waals surface area contributed by atoms with Crippen LogP contribution in [0.2, 0.25) is 5.02 Å². The number of anilines is 3. The predicted molar refractivity (Wildman–Crippen MR) is 89.3 cm³/mol. The van der Waals surface area contributed by atoms with Gasteiger partial charge in [0.15, 0.2) is 0 Å². The summed E-state index contributed by atoms with van der Waals surface area (Å²) < 4.78 is 6.61. The smallest absolute Gasteiger partial charge is 0.239 e. The van der Waals surface area contributed by atoms with Crippen LogP contribution in [0, 0.1) is 5.92 Å². The molecule has 4 nitrogen and oxygen atoms in total. The van der Waals surface area contributed by atoms with Crippen molar-refractivity contribution in [2.45, 2.75) is 12.8 Å². The van der Waals surface area contributed by atoms with Crippen LogP contribution in [-0.2, 0) is 0 Å². The van der Waals surface area contributed by atoms with Crippen molar-refractivity contribution in [1.82, 2.24) is 4.98 Å². The average molecular weight is 369 g/mol. The molecule has 21 heavy (non-hydrogen) atoms. The third-order valence-corrected chi connectivity index (χ3v) is 4.06. The van der Waals surface area contributed by atoms with Crippen molar-refractivity contribution >= 4 is 44.7 Å². The number of pyridine rings is 1. The van der Waals surface area contributed by atoms with Crippen molar-refractivity contribution in [2.75, 3.05) is 17.7 Å². The number of nitrogen functional groups attached to an aromatic ring is 1. The number of nitrogens with two attached hydrogens (primary N) is 1. The van der Waals surface area contributed by atoms with Crippen molar-refractivity contribution in [3.63, 3.8) is 0 Å². The first-order valence-electron chi connectivity index (χ1n) is 6.73. The summed E-state index contributed by atoms with van der Waals surface area (Å²) in [6.07, 6.45) is 2.46. The number of hydrogen-bond donors (Lipinski definition) is 2. The van der Waals surface area contributed by atoms with E-state index in [1.54, 1.807) is 12.1 Å². The molecule has 0 aliphatic heterocycles. The van der Waals surface area contributed by atoms with Gasteiger partial charge in [-0.15, -0.1) is 0 Å². The van der Waals surface area contributed by atoms with Gasteiger partial charge in [-0.1, -0.05) is 27.5 Å². The molecule has 3 rings (SSSR count). The summed E-state index contributed by atoms with van der Waals surface area (Å²) in [7, 11) is 0. The SMILES string of the molecule is Nc1ccc(Nc2cc(Br)ccc2Cl)nc1OCC1CC1. The minimum absolute atomic E-state index is 0.470. The fourth-order valence-corrected chi connectivity index (χ4v) is 2.37. The molecule has 3 N–H and O–H groups in total. The van der Waals surface area contributed by atoms with Gasteiger partial charge in [0, 0.05) is 4.47 Å². The van der Waals surface area contributed by atoms with Gasteiger partial charge in [0.1, 0.15) is 5.82 Å². The van der Waals surface area contributed by atoms with E-state index in [0.717, 1.165) is 10.2 Å². The average Bonchev–Trinajstić information content (AvgIpc) is 3.27. The highest BCUT2D eigenvalue weighted by Gasteiger charge is 2.22. The molecule has 0 radical (unpaired) electrons. The van der Waals surface area contributed by atoms with E-state index in [4.69, 9.17) is 22.1 Å². The Bertz CT molecular complexity index is 661. The monoisotopic (exact) mass is 367 g/mol. The molecule has 0 saturated heterocycles. The van der Waals surface area contributed by atoms with Gasteiger partial charge in [-0.3, -0.25) is 0 Å². The molecule has 1 saturated carbocycles. The van der Waals surface area contributed by atoms with E-state index < -0.39 is 0 Å². The van der Waals surface area contributed by atoms with E-state index in [1.807, 2.05) is 18.2 Å². The van der Waals surface area contributed by atoms with Gasteiger partial charge in [-0.25, -0.2) is 0 Å². The summed E-state index contributed by atoms with van der Waals surface area (Å²) in [5.74, 6) is 1.77. The first kappa shape index (κ1) is 14.5. The van der Waals surface area contributed by atoms with E-state index in [0.29, 0.717) is 34.9 Å². The normalized spacial score (nSPS) is 14.0. The number of benzene rings is 1. The second-order valence-electron chi connectivity index (χ2n) is 5.09. The molecule has 1 heterocycles. The molecule has 0 unspecified atom stereocenters. The van der Waals surface area contributed by atoms with E-state index >= 15 is 0 Å². The molecule has 0 amide bonds. The van der Waals surface area contributed by atoms with E-state index in [2.05, 4.69) is 26.2 Å². The largest absolute Gasteiger partial charge is 0.476 e. The molecule has 0 atom stereocenters.